The zero-order chi connectivity index (χ0) is 18.2. The van der Waals surface area contributed by atoms with Gasteiger partial charge in [0, 0.05) is 18.2 Å². The van der Waals surface area contributed by atoms with Gasteiger partial charge < -0.3 is 20.1 Å². The van der Waals surface area contributed by atoms with E-state index in [0.717, 1.165) is 11.3 Å². The summed E-state index contributed by atoms with van der Waals surface area (Å²) in [5.74, 6) is 0.904. The van der Waals surface area contributed by atoms with E-state index in [1.807, 2.05) is 31.2 Å². The van der Waals surface area contributed by atoms with Crippen molar-refractivity contribution in [2.24, 2.45) is 0 Å². The maximum Gasteiger partial charge on any atom is 0.258 e. The first-order valence-corrected chi connectivity index (χ1v) is 7.92. The third kappa shape index (κ3) is 5.53. The average Bonchev–Trinajstić information content (AvgIpc) is 2.60. The highest BCUT2D eigenvalue weighted by Gasteiger charge is 2.13. The third-order valence-electron chi connectivity index (χ3n) is 3.53. The van der Waals surface area contributed by atoms with E-state index in [9.17, 15) is 9.59 Å². The summed E-state index contributed by atoms with van der Waals surface area (Å²) in [5.41, 5.74) is 1.58. The summed E-state index contributed by atoms with van der Waals surface area (Å²) in [6.07, 6.45) is 0. The zero-order valence-electron chi connectivity index (χ0n) is 14.5. The molecule has 2 rings (SSSR count). The van der Waals surface area contributed by atoms with Gasteiger partial charge in [0.2, 0.25) is 5.91 Å². The van der Waals surface area contributed by atoms with E-state index >= 15 is 0 Å². The molecular weight excluding hydrogens is 320 g/mol. The number of amides is 2. The molecule has 0 aliphatic heterocycles. The number of para-hydroxylation sites is 1. The summed E-state index contributed by atoms with van der Waals surface area (Å²) >= 11 is 0. The van der Waals surface area contributed by atoms with Crippen LogP contribution < -0.4 is 20.1 Å². The van der Waals surface area contributed by atoms with Crippen molar-refractivity contribution in [1.82, 2.24) is 5.32 Å². The Kier molecular flexibility index (Phi) is 6.39. The van der Waals surface area contributed by atoms with Crippen LogP contribution in [0.2, 0.25) is 0 Å². The number of carbonyl (C=O) groups excluding carboxylic acids is 2. The van der Waals surface area contributed by atoms with Gasteiger partial charge in [0.25, 0.3) is 5.91 Å². The predicted molar refractivity (Wildman–Crippen MR) is 95.8 cm³/mol. The lowest BCUT2D eigenvalue weighted by atomic mass is 10.1. The maximum atomic E-state index is 12.1. The molecule has 2 amide bonds. The molecule has 6 nitrogen and oxygen atoms in total. The minimum Gasteiger partial charge on any atom is -0.496 e. The van der Waals surface area contributed by atoms with Gasteiger partial charge in [-0.1, -0.05) is 18.2 Å². The lowest BCUT2D eigenvalue weighted by Gasteiger charge is -2.17. The fourth-order valence-electron chi connectivity index (χ4n) is 2.37. The van der Waals surface area contributed by atoms with Crippen LogP contribution in [0, 0.1) is 0 Å². The van der Waals surface area contributed by atoms with Crippen LogP contribution in [0.25, 0.3) is 0 Å². The number of anilines is 1. The van der Waals surface area contributed by atoms with Crippen molar-refractivity contribution < 1.29 is 19.1 Å². The second-order valence-electron chi connectivity index (χ2n) is 5.53. The summed E-state index contributed by atoms with van der Waals surface area (Å²) in [7, 11) is 1.60. The molecule has 2 aromatic rings. The van der Waals surface area contributed by atoms with Gasteiger partial charge >= 0.3 is 0 Å². The third-order valence-corrected chi connectivity index (χ3v) is 3.53. The number of hydrogen-bond donors (Lipinski definition) is 2. The van der Waals surface area contributed by atoms with Gasteiger partial charge in [0.1, 0.15) is 11.5 Å². The van der Waals surface area contributed by atoms with E-state index in [-0.39, 0.29) is 24.5 Å². The predicted octanol–water partition coefficient (Wildman–Crippen LogP) is 2.91. The molecule has 0 radical (unpaired) electrons. The van der Waals surface area contributed by atoms with Gasteiger partial charge in [-0.25, -0.2) is 0 Å². The second-order valence-corrected chi connectivity index (χ2v) is 5.53. The second kappa shape index (κ2) is 8.73. The summed E-state index contributed by atoms with van der Waals surface area (Å²) in [5, 5.41) is 5.54. The smallest absolute Gasteiger partial charge is 0.258 e. The standard InChI is InChI=1S/C19H22N2O4/c1-13(17-6-4-5-7-18(17)24-3)20-19(23)12-25-16-10-8-15(9-11-16)21-14(2)22/h4-11,13H,12H2,1-3H3,(H,20,23)(H,21,22). The average molecular weight is 342 g/mol. The molecule has 0 heterocycles. The number of rotatable bonds is 7. The van der Waals surface area contributed by atoms with Gasteiger partial charge in [-0.15, -0.1) is 0 Å². The lowest BCUT2D eigenvalue weighted by Crippen LogP contribution is -2.31. The first-order chi connectivity index (χ1) is 12.0. The SMILES string of the molecule is COc1ccccc1C(C)NC(=O)COc1ccc(NC(C)=O)cc1. The van der Waals surface area contributed by atoms with Crippen LogP contribution in [0.15, 0.2) is 48.5 Å². The molecule has 0 aromatic heterocycles. The Bertz CT molecular complexity index is 728. The first kappa shape index (κ1) is 18.3. The zero-order valence-corrected chi connectivity index (χ0v) is 14.5. The molecule has 0 aliphatic rings. The Labute approximate surface area is 147 Å². The monoisotopic (exact) mass is 342 g/mol. The van der Waals surface area contributed by atoms with E-state index in [2.05, 4.69) is 10.6 Å². The highest BCUT2D eigenvalue weighted by atomic mass is 16.5. The van der Waals surface area contributed by atoms with Crippen molar-refractivity contribution in [3.63, 3.8) is 0 Å². The molecule has 0 aliphatic carbocycles. The van der Waals surface area contributed by atoms with E-state index in [4.69, 9.17) is 9.47 Å². The Hall–Kier alpha value is -3.02. The molecule has 1 unspecified atom stereocenters. The highest BCUT2D eigenvalue weighted by Crippen LogP contribution is 2.24. The molecule has 1 atom stereocenters. The van der Waals surface area contributed by atoms with Crippen molar-refractivity contribution in [2.75, 3.05) is 19.0 Å². The van der Waals surface area contributed by atoms with Crippen molar-refractivity contribution in [2.45, 2.75) is 19.9 Å². The quantitative estimate of drug-likeness (QED) is 0.811. The van der Waals surface area contributed by atoms with Crippen LogP contribution in [0.1, 0.15) is 25.5 Å². The van der Waals surface area contributed by atoms with Crippen molar-refractivity contribution in [1.29, 1.82) is 0 Å². The van der Waals surface area contributed by atoms with Crippen molar-refractivity contribution >= 4 is 17.5 Å². The fraction of sp³-hybridized carbons (Fsp3) is 0.263. The Balaban J connectivity index is 1.87. The van der Waals surface area contributed by atoms with Crippen molar-refractivity contribution in [3.8, 4) is 11.5 Å². The number of hydrogen-bond acceptors (Lipinski definition) is 4. The van der Waals surface area contributed by atoms with Crippen LogP contribution in [0.4, 0.5) is 5.69 Å². The summed E-state index contributed by atoms with van der Waals surface area (Å²) in [6.45, 7) is 3.23. The van der Waals surface area contributed by atoms with E-state index in [1.165, 1.54) is 6.92 Å². The summed E-state index contributed by atoms with van der Waals surface area (Å²) in [4.78, 5) is 23.1. The molecule has 132 valence electrons. The summed E-state index contributed by atoms with van der Waals surface area (Å²) in [6, 6.07) is 14.2. The van der Waals surface area contributed by atoms with Gasteiger partial charge in [0.05, 0.1) is 13.2 Å². The van der Waals surface area contributed by atoms with Gasteiger partial charge in [-0.2, -0.15) is 0 Å². The van der Waals surface area contributed by atoms with Gasteiger partial charge in [-0.3, -0.25) is 9.59 Å². The number of ether oxygens (including phenoxy) is 2. The molecule has 25 heavy (non-hydrogen) atoms. The maximum absolute atomic E-state index is 12.1. The minimum atomic E-state index is -0.232. The molecular formula is C19H22N2O4. The van der Waals surface area contributed by atoms with Gasteiger partial charge in [-0.05, 0) is 37.3 Å². The minimum absolute atomic E-state index is 0.0982. The van der Waals surface area contributed by atoms with Gasteiger partial charge in [0.15, 0.2) is 6.61 Å². The molecule has 6 heteroatoms. The number of carbonyl (C=O) groups is 2. The highest BCUT2D eigenvalue weighted by molar-refractivity contribution is 5.88. The van der Waals surface area contributed by atoms with E-state index < -0.39 is 0 Å². The molecule has 0 spiro atoms. The topological polar surface area (TPSA) is 76.7 Å². The largest absolute Gasteiger partial charge is 0.496 e. The number of methoxy groups -OCH3 is 1. The molecule has 0 bridgehead atoms. The number of benzene rings is 2. The van der Waals surface area contributed by atoms with Crippen LogP contribution in [0.5, 0.6) is 11.5 Å². The normalized spacial score (nSPS) is 11.3. The lowest BCUT2D eigenvalue weighted by molar-refractivity contribution is -0.123. The Morgan fingerprint density at radius 3 is 2.40 bits per heavy atom. The van der Waals surface area contributed by atoms with E-state index in [0.29, 0.717) is 11.4 Å². The fourth-order valence-corrected chi connectivity index (χ4v) is 2.37. The Morgan fingerprint density at radius 2 is 1.76 bits per heavy atom. The molecule has 0 saturated heterocycles. The van der Waals surface area contributed by atoms with Crippen LogP contribution in [-0.2, 0) is 9.59 Å². The Morgan fingerprint density at radius 1 is 1.08 bits per heavy atom. The van der Waals surface area contributed by atoms with Crippen LogP contribution in [0.3, 0.4) is 0 Å². The number of nitrogens with one attached hydrogen (secondary N) is 2. The first-order valence-electron chi connectivity index (χ1n) is 7.92. The molecule has 2 N–H and O–H groups in total. The van der Waals surface area contributed by atoms with E-state index in [1.54, 1.807) is 31.4 Å². The molecule has 0 saturated carbocycles. The molecule has 0 fully saturated rings. The molecule has 2 aromatic carbocycles. The van der Waals surface area contributed by atoms with Crippen LogP contribution in [-0.4, -0.2) is 25.5 Å². The van der Waals surface area contributed by atoms with Crippen LogP contribution >= 0.6 is 0 Å². The van der Waals surface area contributed by atoms with Crippen molar-refractivity contribution in [3.05, 3.63) is 54.1 Å². The summed E-state index contributed by atoms with van der Waals surface area (Å²) < 4.78 is 10.8.